The molecular formula is C16H26N2O2. The van der Waals surface area contributed by atoms with E-state index in [1.807, 2.05) is 52.1 Å². The SMILES string of the molecule is CCNC(C)CC(=O)N(C)C(C)c1ccccc1OC. The van der Waals surface area contributed by atoms with E-state index in [0.29, 0.717) is 6.42 Å². The number of para-hydroxylation sites is 1. The van der Waals surface area contributed by atoms with Gasteiger partial charge in [-0.05, 0) is 26.5 Å². The molecule has 0 fully saturated rings. The third-order valence-electron chi connectivity index (χ3n) is 3.60. The smallest absolute Gasteiger partial charge is 0.224 e. The molecule has 0 aliphatic heterocycles. The highest BCUT2D eigenvalue weighted by atomic mass is 16.5. The average Bonchev–Trinajstić information content (AvgIpc) is 2.45. The van der Waals surface area contributed by atoms with Crippen LogP contribution in [-0.2, 0) is 4.79 Å². The van der Waals surface area contributed by atoms with Crippen LogP contribution in [0.1, 0.15) is 38.8 Å². The Morgan fingerprint density at radius 3 is 2.60 bits per heavy atom. The van der Waals surface area contributed by atoms with Gasteiger partial charge >= 0.3 is 0 Å². The minimum absolute atomic E-state index is 0.00697. The number of nitrogens with zero attached hydrogens (tertiary/aromatic N) is 1. The van der Waals surface area contributed by atoms with Crippen LogP contribution in [0, 0.1) is 0 Å². The van der Waals surface area contributed by atoms with Crippen LogP contribution in [0.4, 0.5) is 0 Å². The topological polar surface area (TPSA) is 41.6 Å². The number of benzene rings is 1. The molecule has 0 bridgehead atoms. The van der Waals surface area contributed by atoms with Crippen molar-refractivity contribution in [3.05, 3.63) is 29.8 Å². The van der Waals surface area contributed by atoms with Crippen LogP contribution in [0.3, 0.4) is 0 Å². The molecule has 20 heavy (non-hydrogen) atoms. The fourth-order valence-corrected chi connectivity index (χ4v) is 2.26. The summed E-state index contributed by atoms with van der Waals surface area (Å²) in [5.41, 5.74) is 1.03. The number of carbonyl (C=O) groups excluding carboxylic acids is 1. The number of methoxy groups -OCH3 is 1. The quantitative estimate of drug-likeness (QED) is 0.833. The van der Waals surface area contributed by atoms with Gasteiger partial charge in [-0.15, -0.1) is 0 Å². The lowest BCUT2D eigenvalue weighted by molar-refractivity contribution is -0.132. The van der Waals surface area contributed by atoms with E-state index in [4.69, 9.17) is 4.74 Å². The Labute approximate surface area is 122 Å². The van der Waals surface area contributed by atoms with Crippen molar-refractivity contribution in [1.82, 2.24) is 10.2 Å². The first kappa shape index (κ1) is 16.5. The Balaban J connectivity index is 2.75. The first-order chi connectivity index (χ1) is 9.51. The van der Waals surface area contributed by atoms with Crippen molar-refractivity contribution < 1.29 is 9.53 Å². The molecule has 1 aromatic carbocycles. The molecular weight excluding hydrogens is 252 g/mol. The van der Waals surface area contributed by atoms with E-state index in [1.165, 1.54) is 0 Å². The number of hydrogen-bond donors (Lipinski definition) is 1. The number of amides is 1. The van der Waals surface area contributed by atoms with Crippen molar-refractivity contribution in [3.8, 4) is 5.75 Å². The van der Waals surface area contributed by atoms with Crippen LogP contribution in [0.15, 0.2) is 24.3 Å². The van der Waals surface area contributed by atoms with Gasteiger partial charge in [0, 0.05) is 25.1 Å². The number of nitrogens with one attached hydrogen (secondary N) is 1. The Kier molecular flexibility index (Phi) is 6.52. The van der Waals surface area contributed by atoms with E-state index >= 15 is 0 Å². The fourth-order valence-electron chi connectivity index (χ4n) is 2.26. The highest BCUT2D eigenvalue weighted by Gasteiger charge is 2.21. The summed E-state index contributed by atoms with van der Waals surface area (Å²) in [6.07, 6.45) is 0.504. The minimum Gasteiger partial charge on any atom is -0.496 e. The lowest BCUT2D eigenvalue weighted by atomic mass is 10.1. The summed E-state index contributed by atoms with van der Waals surface area (Å²) in [6.45, 7) is 6.97. The lowest BCUT2D eigenvalue weighted by Crippen LogP contribution is -2.36. The number of rotatable bonds is 7. The van der Waals surface area contributed by atoms with Gasteiger partial charge in [-0.1, -0.05) is 25.1 Å². The van der Waals surface area contributed by atoms with Crippen LogP contribution in [0.2, 0.25) is 0 Å². The summed E-state index contributed by atoms with van der Waals surface area (Å²) in [4.78, 5) is 14.1. The minimum atomic E-state index is -0.00697. The molecule has 1 amide bonds. The molecule has 2 atom stereocenters. The molecule has 0 aliphatic rings. The second kappa shape index (κ2) is 7.90. The number of ether oxygens (including phenoxy) is 1. The zero-order valence-corrected chi connectivity index (χ0v) is 13.1. The molecule has 4 heteroatoms. The molecule has 0 saturated heterocycles. The Morgan fingerprint density at radius 2 is 2.00 bits per heavy atom. The Hall–Kier alpha value is -1.55. The van der Waals surface area contributed by atoms with Gasteiger partial charge in [0.2, 0.25) is 5.91 Å². The van der Waals surface area contributed by atoms with Gasteiger partial charge in [-0.25, -0.2) is 0 Å². The molecule has 0 radical (unpaired) electrons. The van der Waals surface area contributed by atoms with Gasteiger partial charge in [0.1, 0.15) is 5.75 Å². The van der Waals surface area contributed by atoms with Crippen LogP contribution in [-0.4, -0.2) is 37.6 Å². The molecule has 1 aromatic rings. The van der Waals surface area contributed by atoms with Gasteiger partial charge in [-0.3, -0.25) is 4.79 Å². The predicted octanol–water partition coefficient (Wildman–Crippen LogP) is 2.60. The van der Waals surface area contributed by atoms with E-state index in [0.717, 1.165) is 17.9 Å². The summed E-state index contributed by atoms with van der Waals surface area (Å²) in [5, 5.41) is 3.26. The van der Waals surface area contributed by atoms with Gasteiger partial charge in [0.05, 0.1) is 13.2 Å². The van der Waals surface area contributed by atoms with Gasteiger partial charge in [-0.2, -0.15) is 0 Å². The monoisotopic (exact) mass is 278 g/mol. The third-order valence-corrected chi connectivity index (χ3v) is 3.60. The van der Waals surface area contributed by atoms with E-state index in [2.05, 4.69) is 5.32 Å². The second-order valence-corrected chi connectivity index (χ2v) is 5.09. The van der Waals surface area contributed by atoms with E-state index < -0.39 is 0 Å². The summed E-state index contributed by atoms with van der Waals surface area (Å²) in [6, 6.07) is 8.01. The maximum Gasteiger partial charge on any atom is 0.224 e. The van der Waals surface area contributed by atoms with Crippen LogP contribution < -0.4 is 10.1 Å². The largest absolute Gasteiger partial charge is 0.496 e. The van der Waals surface area contributed by atoms with Gasteiger partial charge < -0.3 is 15.0 Å². The maximum absolute atomic E-state index is 12.3. The summed E-state index contributed by atoms with van der Waals surface area (Å²) >= 11 is 0. The third kappa shape index (κ3) is 4.23. The molecule has 4 nitrogen and oxygen atoms in total. The maximum atomic E-state index is 12.3. The second-order valence-electron chi connectivity index (χ2n) is 5.09. The summed E-state index contributed by atoms with van der Waals surface area (Å²) in [5.74, 6) is 0.955. The molecule has 112 valence electrons. The summed E-state index contributed by atoms with van der Waals surface area (Å²) in [7, 11) is 3.50. The molecule has 0 saturated carbocycles. The highest BCUT2D eigenvalue weighted by Crippen LogP contribution is 2.28. The molecule has 1 rings (SSSR count). The van der Waals surface area contributed by atoms with Crippen molar-refractivity contribution in [2.45, 2.75) is 39.3 Å². The number of hydrogen-bond acceptors (Lipinski definition) is 3. The molecule has 0 aliphatic carbocycles. The number of carbonyl (C=O) groups is 1. The van der Waals surface area contributed by atoms with Crippen LogP contribution in [0.5, 0.6) is 5.75 Å². The summed E-state index contributed by atoms with van der Waals surface area (Å²) < 4.78 is 5.37. The first-order valence-corrected chi connectivity index (χ1v) is 7.13. The van der Waals surface area contributed by atoms with Crippen molar-refractivity contribution in [3.63, 3.8) is 0 Å². The normalized spacial score (nSPS) is 13.7. The molecule has 1 N–H and O–H groups in total. The van der Waals surface area contributed by atoms with Gasteiger partial charge in [0.25, 0.3) is 0 Å². The standard InChI is InChI=1S/C16H26N2O2/c1-6-17-12(2)11-16(19)18(4)13(3)14-9-7-8-10-15(14)20-5/h7-10,12-13,17H,6,11H2,1-5H3. The zero-order chi connectivity index (χ0) is 15.1. The fraction of sp³-hybridized carbons (Fsp3) is 0.562. The van der Waals surface area contributed by atoms with E-state index in [-0.39, 0.29) is 18.0 Å². The average molecular weight is 278 g/mol. The van der Waals surface area contributed by atoms with E-state index in [1.54, 1.807) is 12.0 Å². The zero-order valence-electron chi connectivity index (χ0n) is 13.1. The van der Waals surface area contributed by atoms with E-state index in [9.17, 15) is 4.79 Å². The molecule has 0 spiro atoms. The molecule has 0 aromatic heterocycles. The first-order valence-electron chi connectivity index (χ1n) is 7.13. The van der Waals surface area contributed by atoms with Crippen LogP contribution in [0.25, 0.3) is 0 Å². The van der Waals surface area contributed by atoms with Crippen molar-refractivity contribution in [1.29, 1.82) is 0 Å². The Morgan fingerprint density at radius 1 is 1.35 bits per heavy atom. The van der Waals surface area contributed by atoms with Crippen molar-refractivity contribution in [2.24, 2.45) is 0 Å². The molecule has 2 unspecified atom stereocenters. The highest BCUT2D eigenvalue weighted by molar-refractivity contribution is 5.77. The van der Waals surface area contributed by atoms with Crippen molar-refractivity contribution in [2.75, 3.05) is 20.7 Å². The molecule has 0 heterocycles. The predicted molar refractivity (Wildman–Crippen MR) is 81.9 cm³/mol. The lowest BCUT2D eigenvalue weighted by Gasteiger charge is -2.27. The van der Waals surface area contributed by atoms with Crippen molar-refractivity contribution >= 4 is 5.91 Å². The van der Waals surface area contributed by atoms with Crippen LogP contribution >= 0.6 is 0 Å². The van der Waals surface area contributed by atoms with Gasteiger partial charge in [0.15, 0.2) is 0 Å². The Bertz CT molecular complexity index is 434.